The van der Waals surface area contributed by atoms with Gasteiger partial charge in [0.05, 0.1) is 14.2 Å². The molecule has 7 nitrogen and oxygen atoms in total. The van der Waals surface area contributed by atoms with E-state index >= 15 is 0 Å². The lowest BCUT2D eigenvalue weighted by atomic mass is 9.87. The fourth-order valence-electron chi connectivity index (χ4n) is 3.68. The van der Waals surface area contributed by atoms with Crippen molar-refractivity contribution < 1.29 is 29.2 Å². The third kappa shape index (κ3) is 3.71. The molecule has 0 bridgehead atoms. The second-order valence-corrected chi connectivity index (χ2v) is 6.88. The Morgan fingerprint density at radius 1 is 1.18 bits per heavy atom. The molecule has 0 saturated heterocycles. The van der Waals surface area contributed by atoms with Crippen LogP contribution in [-0.2, 0) is 17.6 Å². The molecule has 2 N–H and O–H groups in total. The highest BCUT2D eigenvalue weighted by Crippen LogP contribution is 2.47. The number of rotatable bonds is 5. The zero-order valence-corrected chi connectivity index (χ0v) is 16.5. The van der Waals surface area contributed by atoms with Crippen molar-refractivity contribution in [2.24, 2.45) is 0 Å². The lowest BCUT2D eigenvalue weighted by Crippen LogP contribution is -2.33. The van der Waals surface area contributed by atoms with Crippen molar-refractivity contribution in [3.8, 4) is 28.7 Å². The monoisotopic (exact) mass is 387 g/mol. The van der Waals surface area contributed by atoms with Gasteiger partial charge < -0.3 is 24.4 Å². The Hall–Kier alpha value is -2.93. The second kappa shape index (κ2) is 7.98. The molecule has 0 amide bonds. The molecule has 2 aromatic rings. The summed E-state index contributed by atoms with van der Waals surface area (Å²) in [5, 5.41) is 21.0. The normalized spacial score (nSPS) is 16.4. The van der Waals surface area contributed by atoms with Crippen molar-refractivity contribution >= 4 is 5.97 Å². The van der Waals surface area contributed by atoms with Crippen LogP contribution in [-0.4, -0.2) is 48.9 Å². The predicted octanol–water partition coefficient (Wildman–Crippen LogP) is 2.81. The fraction of sp³-hybridized carbons (Fsp3) is 0.381. The fourth-order valence-corrected chi connectivity index (χ4v) is 3.68. The van der Waals surface area contributed by atoms with Crippen LogP contribution in [0.5, 0.6) is 28.7 Å². The van der Waals surface area contributed by atoms with Crippen LogP contribution in [0, 0.1) is 0 Å². The zero-order valence-electron chi connectivity index (χ0n) is 16.5. The van der Waals surface area contributed by atoms with Crippen LogP contribution in [0.15, 0.2) is 24.3 Å². The number of aromatic hydroxyl groups is 2. The molecule has 1 aliphatic rings. The number of phenolic OH excluding ortho intramolecular Hbond substituents is 2. The van der Waals surface area contributed by atoms with Gasteiger partial charge in [0.15, 0.2) is 23.0 Å². The first-order valence-corrected chi connectivity index (χ1v) is 9.03. The number of esters is 1. The average molecular weight is 387 g/mol. The average Bonchev–Trinajstić information content (AvgIpc) is 2.66. The topological polar surface area (TPSA) is 88.5 Å². The van der Waals surface area contributed by atoms with E-state index in [1.165, 1.54) is 21.1 Å². The van der Waals surface area contributed by atoms with E-state index in [4.69, 9.17) is 14.2 Å². The van der Waals surface area contributed by atoms with Crippen molar-refractivity contribution in [1.29, 1.82) is 0 Å². The summed E-state index contributed by atoms with van der Waals surface area (Å²) in [6.07, 6.45) is 1.29. The number of carbonyl (C=O) groups is 1. The summed E-state index contributed by atoms with van der Waals surface area (Å²) < 4.78 is 15.6. The predicted molar refractivity (Wildman–Crippen MR) is 103 cm³/mol. The molecule has 1 atom stereocenters. The molecule has 0 aliphatic carbocycles. The van der Waals surface area contributed by atoms with Crippen LogP contribution in [0.3, 0.4) is 0 Å². The zero-order chi connectivity index (χ0) is 20.4. The number of benzene rings is 2. The first-order chi connectivity index (χ1) is 13.3. The van der Waals surface area contributed by atoms with Gasteiger partial charge in [0.2, 0.25) is 5.75 Å². The van der Waals surface area contributed by atoms with Crippen molar-refractivity contribution in [3.63, 3.8) is 0 Å². The van der Waals surface area contributed by atoms with Gasteiger partial charge >= 0.3 is 5.97 Å². The van der Waals surface area contributed by atoms with Gasteiger partial charge in [0.25, 0.3) is 0 Å². The number of nitrogens with zero attached hydrogens (tertiary/aromatic N) is 1. The molecular formula is C21H25NO6. The molecule has 0 saturated carbocycles. The Labute approximate surface area is 164 Å². The quantitative estimate of drug-likeness (QED) is 0.602. The maximum absolute atomic E-state index is 11.5. The highest BCUT2D eigenvalue weighted by atomic mass is 16.6. The lowest BCUT2D eigenvalue weighted by molar-refractivity contribution is -0.132. The van der Waals surface area contributed by atoms with Crippen molar-refractivity contribution in [2.45, 2.75) is 25.8 Å². The van der Waals surface area contributed by atoms with Gasteiger partial charge in [-0.2, -0.15) is 0 Å². The first-order valence-electron chi connectivity index (χ1n) is 9.03. The van der Waals surface area contributed by atoms with E-state index in [1.54, 1.807) is 12.1 Å². The van der Waals surface area contributed by atoms with E-state index in [-0.39, 0.29) is 23.3 Å². The first kappa shape index (κ1) is 19.8. The summed E-state index contributed by atoms with van der Waals surface area (Å²) in [6, 6.07) is 6.92. The Bertz CT molecular complexity index is 895. The van der Waals surface area contributed by atoms with Gasteiger partial charge in [-0.3, -0.25) is 9.69 Å². The van der Waals surface area contributed by atoms with Crippen LogP contribution in [0.1, 0.15) is 29.7 Å². The number of hydrogen-bond acceptors (Lipinski definition) is 7. The maximum atomic E-state index is 11.5. The van der Waals surface area contributed by atoms with E-state index in [0.717, 1.165) is 24.1 Å². The standard InChI is InChI=1S/C21H25NO6/c1-12(23)28-21-18(27-4)11-14-7-8-22(2)15(19(14)20(21)25)9-13-5-6-17(26-3)16(24)10-13/h5-6,10-11,15,24-25H,7-9H2,1-4H3. The van der Waals surface area contributed by atoms with E-state index in [9.17, 15) is 15.0 Å². The summed E-state index contributed by atoms with van der Waals surface area (Å²) >= 11 is 0. The smallest absolute Gasteiger partial charge is 0.308 e. The third-order valence-electron chi connectivity index (χ3n) is 5.08. The van der Waals surface area contributed by atoms with Crippen LogP contribution >= 0.6 is 0 Å². The SMILES string of the molecule is COc1ccc(CC2c3c(cc(OC)c(OC(C)=O)c3O)CCN2C)cc1O. The molecule has 0 radical (unpaired) electrons. The van der Waals surface area contributed by atoms with E-state index in [0.29, 0.717) is 23.5 Å². The number of methoxy groups -OCH3 is 2. The largest absolute Gasteiger partial charge is 0.504 e. The number of likely N-dealkylation sites (N-methyl/N-ethyl adjacent to an activating group) is 1. The number of carbonyl (C=O) groups excluding carboxylic acids is 1. The molecule has 1 unspecified atom stereocenters. The summed E-state index contributed by atoms with van der Waals surface area (Å²) in [5.41, 5.74) is 2.56. The highest BCUT2D eigenvalue weighted by Gasteiger charge is 2.32. The molecule has 7 heteroatoms. The molecule has 1 aliphatic heterocycles. The van der Waals surface area contributed by atoms with E-state index in [2.05, 4.69) is 4.90 Å². The Balaban J connectivity index is 2.05. The van der Waals surface area contributed by atoms with Gasteiger partial charge in [-0.1, -0.05) is 6.07 Å². The van der Waals surface area contributed by atoms with Crippen molar-refractivity contribution in [1.82, 2.24) is 4.90 Å². The molecule has 0 fully saturated rings. The van der Waals surface area contributed by atoms with Crippen LogP contribution in [0.25, 0.3) is 0 Å². The minimum absolute atomic E-state index is 0.0339. The summed E-state index contributed by atoms with van der Waals surface area (Å²) in [4.78, 5) is 13.6. The molecule has 0 spiro atoms. The van der Waals surface area contributed by atoms with E-state index < -0.39 is 5.97 Å². The Morgan fingerprint density at radius 2 is 1.89 bits per heavy atom. The third-order valence-corrected chi connectivity index (χ3v) is 5.08. The number of fused-ring (bicyclic) bond motifs is 1. The van der Waals surface area contributed by atoms with Crippen molar-refractivity contribution in [3.05, 3.63) is 41.0 Å². The lowest BCUT2D eigenvalue weighted by Gasteiger charge is -2.36. The number of ether oxygens (including phenoxy) is 3. The minimum atomic E-state index is -0.533. The minimum Gasteiger partial charge on any atom is -0.504 e. The summed E-state index contributed by atoms with van der Waals surface area (Å²) in [5.74, 6) is 0.223. The second-order valence-electron chi connectivity index (χ2n) is 6.88. The van der Waals surface area contributed by atoms with Gasteiger partial charge in [0, 0.05) is 25.1 Å². The van der Waals surface area contributed by atoms with Crippen LogP contribution in [0.2, 0.25) is 0 Å². The summed E-state index contributed by atoms with van der Waals surface area (Å²) in [6.45, 7) is 2.08. The molecular weight excluding hydrogens is 362 g/mol. The van der Waals surface area contributed by atoms with Gasteiger partial charge in [-0.25, -0.2) is 0 Å². The number of phenols is 2. The van der Waals surface area contributed by atoms with Crippen molar-refractivity contribution in [2.75, 3.05) is 27.8 Å². The van der Waals surface area contributed by atoms with Gasteiger partial charge in [-0.15, -0.1) is 0 Å². The highest BCUT2D eigenvalue weighted by molar-refractivity contribution is 5.73. The summed E-state index contributed by atoms with van der Waals surface area (Å²) in [7, 11) is 4.95. The van der Waals surface area contributed by atoms with E-state index in [1.807, 2.05) is 19.2 Å². The molecule has 3 rings (SSSR count). The molecule has 0 aromatic heterocycles. The Morgan fingerprint density at radius 3 is 2.50 bits per heavy atom. The number of hydrogen-bond donors (Lipinski definition) is 2. The molecule has 28 heavy (non-hydrogen) atoms. The van der Waals surface area contributed by atoms with Gasteiger partial charge in [0.1, 0.15) is 0 Å². The van der Waals surface area contributed by atoms with Crippen LogP contribution in [0.4, 0.5) is 0 Å². The molecule has 1 heterocycles. The van der Waals surface area contributed by atoms with Gasteiger partial charge in [-0.05, 0) is 49.2 Å². The molecule has 150 valence electrons. The Kier molecular flexibility index (Phi) is 5.65. The molecule has 2 aromatic carbocycles. The maximum Gasteiger partial charge on any atom is 0.308 e. The van der Waals surface area contributed by atoms with Crippen LogP contribution < -0.4 is 14.2 Å².